The van der Waals surface area contributed by atoms with Gasteiger partial charge in [-0.25, -0.2) is 0 Å². The Balaban J connectivity index is 1.95. The van der Waals surface area contributed by atoms with Crippen LogP contribution in [-0.4, -0.2) is 17.3 Å². The molecule has 0 saturated heterocycles. The van der Waals surface area contributed by atoms with Crippen molar-refractivity contribution in [2.45, 2.75) is 44.6 Å². The first kappa shape index (κ1) is 14.5. The van der Waals surface area contributed by atoms with E-state index in [2.05, 4.69) is 12.2 Å². The highest BCUT2D eigenvalue weighted by molar-refractivity contribution is 6.33. The summed E-state index contributed by atoms with van der Waals surface area (Å²) in [4.78, 5) is 0. The van der Waals surface area contributed by atoms with Crippen molar-refractivity contribution in [1.29, 1.82) is 0 Å². The van der Waals surface area contributed by atoms with Gasteiger partial charge in [0.25, 0.3) is 0 Å². The van der Waals surface area contributed by atoms with Crippen LogP contribution < -0.4 is 11.1 Å². The fraction of sp³-hybridized carbons (Fsp3) is 0.600. The lowest BCUT2D eigenvalue weighted by molar-refractivity contribution is 0.00231. The summed E-state index contributed by atoms with van der Waals surface area (Å²) in [6.45, 7) is 2.73. The van der Waals surface area contributed by atoms with E-state index < -0.39 is 5.60 Å². The van der Waals surface area contributed by atoms with Crippen molar-refractivity contribution in [3.8, 4) is 0 Å². The van der Waals surface area contributed by atoms with E-state index in [9.17, 15) is 5.11 Å². The quantitative estimate of drug-likeness (QED) is 0.739. The van der Waals surface area contributed by atoms with Crippen LogP contribution in [0.15, 0.2) is 18.2 Å². The van der Waals surface area contributed by atoms with Crippen molar-refractivity contribution in [2.24, 2.45) is 5.92 Å². The van der Waals surface area contributed by atoms with Crippen LogP contribution >= 0.6 is 11.6 Å². The van der Waals surface area contributed by atoms with E-state index in [0.29, 0.717) is 17.3 Å². The van der Waals surface area contributed by atoms with Crippen LogP contribution in [0.2, 0.25) is 5.02 Å². The van der Waals surface area contributed by atoms with Gasteiger partial charge in [-0.05, 0) is 43.7 Å². The summed E-state index contributed by atoms with van der Waals surface area (Å²) in [6.07, 6.45) is 5.12. The predicted octanol–water partition coefficient (Wildman–Crippen LogP) is 3.67. The topological polar surface area (TPSA) is 58.3 Å². The van der Waals surface area contributed by atoms with Gasteiger partial charge in [0.15, 0.2) is 0 Å². The molecule has 1 aromatic carbocycles. The zero-order valence-electron chi connectivity index (χ0n) is 11.5. The monoisotopic (exact) mass is 282 g/mol. The van der Waals surface area contributed by atoms with Gasteiger partial charge < -0.3 is 16.2 Å². The van der Waals surface area contributed by atoms with Crippen molar-refractivity contribution < 1.29 is 5.11 Å². The zero-order chi connectivity index (χ0) is 13.9. The number of hydrogen-bond donors (Lipinski definition) is 3. The molecule has 0 aromatic heterocycles. The highest BCUT2D eigenvalue weighted by atomic mass is 35.5. The van der Waals surface area contributed by atoms with Crippen molar-refractivity contribution in [1.82, 2.24) is 0 Å². The van der Waals surface area contributed by atoms with Gasteiger partial charge in [-0.1, -0.05) is 31.0 Å². The number of rotatable bonds is 4. The summed E-state index contributed by atoms with van der Waals surface area (Å²) in [5.74, 6) is 0.769. The fourth-order valence-corrected chi connectivity index (χ4v) is 3.03. The predicted molar refractivity (Wildman–Crippen MR) is 81.6 cm³/mol. The first-order chi connectivity index (χ1) is 9.04. The molecule has 106 valence electrons. The highest BCUT2D eigenvalue weighted by Gasteiger charge is 2.32. The van der Waals surface area contributed by atoms with Crippen molar-refractivity contribution in [3.63, 3.8) is 0 Å². The number of aliphatic hydroxyl groups is 1. The van der Waals surface area contributed by atoms with E-state index in [4.69, 9.17) is 17.3 Å². The van der Waals surface area contributed by atoms with Gasteiger partial charge in [-0.15, -0.1) is 0 Å². The average Bonchev–Trinajstić information content (AvgIpc) is 2.39. The van der Waals surface area contributed by atoms with Gasteiger partial charge in [-0.3, -0.25) is 0 Å². The summed E-state index contributed by atoms with van der Waals surface area (Å²) >= 11 is 6.11. The smallest absolute Gasteiger partial charge is 0.0819 e. The Hall–Kier alpha value is -0.930. The molecule has 0 spiro atoms. The lowest BCUT2D eigenvalue weighted by Crippen LogP contribution is -2.40. The van der Waals surface area contributed by atoms with Gasteiger partial charge in [0.1, 0.15) is 0 Å². The number of benzene rings is 1. The van der Waals surface area contributed by atoms with Crippen molar-refractivity contribution >= 4 is 23.0 Å². The molecule has 4 N–H and O–H groups in total. The third-order valence-corrected chi connectivity index (χ3v) is 4.57. The first-order valence-corrected chi connectivity index (χ1v) is 7.42. The van der Waals surface area contributed by atoms with Crippen LogP contribution in [0.1, 0.15) is 39.0 Å². The second-order valence-electron chi connectivity index (χ2n) is 5.63. The van der Waals surface area contributed by atoms with E-state index in [1.165, 1.54) is 6.42 Å². The molecule has 0 radical (unpaired) electrons. The van der Waals surface area contributed by atoms with Gasteiger partial charge in [0.05, 0.1) is 22.0 Å². The third kappa shape index (κ3) is 3.54. The molecular formula is C15H23ClN2O. The molecular weight excluding hydrogens is 260 g/mol. The van der Waals surface area contributed by atoms with E-state index in [1.54, 1.807) is 6.07 Å². The number of nitrogen functional groups attached to an aromatic ring is 1. The summed E-state index contributed by atoms with van der Waals surface area (Å²) < 4.78 is 0. The maximum atomic E-state index is 10.6. The van der Waals surface area contributed by atoms with Crippen LogP contribution in [0.3, 0.4) is 0 Å². The third-order valence-electron chi connectivity index (χ3n) is 4.25. The van der Waals surface area contributed by atoms with Crippen LogP contribution in [0.5, 0.6) is 0 Å². The maximum Gasteiger partial charge on any atom is 0.0819 e. The Kier molecular flexibility index (Phi) is 4.58. The summed E-state index contributed by atoms with van der Waals surface area (Å²) in [5, 5.41) is 14.4. The summed E-state index contributed by atoms with van der Waals surface area (Å²) in [7, 11) is 0. The second-order valence-corrected chi connectivity index (χ2v) is 6.04. The molecule has 0 aliphatic heterocycles. The van der Waals surface area contributed by atoms with Crippen LogP contribution in [0, 0.1) is 5.92 Å². The summed E-state index contributed by atoms with van der Waals surface area (Å²) in [5.41, 5.74) is 6.62. The molecule has 1 aliphatic carbocycles. The van der Waals surface area contributed by atoms with Gasteiger partial charge in [-0.2, -0.15) is 0 Å². The molecule has 1 fully saturated rings. The minimum absolute atomic E-state index is 0.511. The molecule has 2 rings (SSSR count). The maximum absolute atomic E-state index is 10.6. The van der Waals surface area contributed by atoms with Gasteiger partial charge >= 0.3 is 0 Å². The Labute approximate surface area is 120 Å². The molecule has 1 aromatic rings. The molecule has 19 heavy (non-hydrogen) atoms. The number of nitrogens with one attached hydrogen (secondary N) is 1. The van der Waals surface area contributed by atoms with E-state index in [1.807, 2.05) is 12.1 Å². The molecule has 1 saturated carbocycles. The van der Waals surface area contributed by atoms with Crippen LogP contribution in [0.25, 0.3) is 0 Å². The Morgan fingerprint density at radius 3 is 2.68 bits per heavy atom. The molecule has 0 amide bonds. The van der Waals surface area contributed by atoms with E-state index in [0.717, 1.165) is 37.3 Å². The average molecular weight is 283 g/mol. The molecule has 1 aliphatic rings. The molecule has 0 atom stereocenters. The minimum atomic E-state index is -0.628. The van der Waals surface area contributed by atoms with Crippen LogP contribution in [-0.2, 0) is 0 Å². The van der Waals surface area contributed by atoms with Crippen LogP contribution in [0.4, 0.5) is 11.4 Å². The molecule has 3 nitrogen and oxygen atoms in total. The van der Waals surface area contributed by atoms with Gasteiger partial charge in [0, 0.05) is 6.54 Å². The van der Waals surface area contributed by atoms with E-state index in [-0.39, 0.29) is 0 Å². The minimum Gasteiger partial charge on any atom is -0.397 e. The van der Waals surface area contributed by atoms with Crippen molar-refractivity contribution in [2.75, 3.05) is 17.6 Å². The molecule has 0 bridgehead atoms. The van der Waals surface area contributed by atoms with Crippen molar-refractivity contribution in [3.05, 3.63) is 23.2 Å². The Bertz CT molecular complexity index is 408. The normalized spacial score (nSPS) is 27.2. The SMILES string of the molecule is CCC1CCC(O)(CNc2c(N)cccc2Cl)CC1. The number of halogens is 1. The first-order valence-electron chi connectivity index (χ1n) is 7.04. The Morgan fingerprint density at radius 1 is 1.42 bits per heavy atom. The number of hydrogen-bond acceptors (Lipinski definition) is 3. The molecule has 4 heteroatoms. The highest BCUT2D eigenvalue weighted by Crippen LogP contribution is 2.35. The Morgan fingerprint density at radius 2 is 2.11 bits per heavy atom. The standard InChI is InChI=1S/C15H23ClN2O/c1-2-11-6-8-15(19,9-7-11)10-18-14-12(16)4-3-5-13(14)17/h3-5,11,18-19H,2,6-10,17H2,1H3. The number of anilines is 2. The number of para-hydroxylation sites is 1. The lowest BCUT2D eigenvalue weighted by atomic mass is 9.78. The lowest BCUT2D eigenvalue weighted by Gasteiger charge is -2.36. The molecule has 0 unspecified atom stereocenters. The molecule has 0 heterocycles. The van der Waals surface area contributed by atoms with Gasteiger partial charge in [0.2, 0.25) is 0 Å². The largest absolute Gasteiger partial charge is 0.397 e. The second kappa shape index (κ2) is 6.02. The number of nitrogens with two attached hydrogens (primary N) is 1. The fourth-order valence-electron chi connectivity index (χ4n) is 2.78. The van der Waals surface area contributed by atoms with E-state index >= 15 is 0 Å². The summed E-state index contributed by atoms with van der Waals surface area (Å²) in [6, 6.07) is 5.44. The zero-order valence-corrected chi connectivity index (χ0v) is 12.2.